The molecule has 118 valence electrons. The first-order chi connectivity index (χ1) is 10.5. The molecule has 1 aromatic carbocycles. The molecule has 1 aliphatic carbocycles. The Kier molecular flexibility index (Phi) is 3.70. The normalized spacial score (nSPS) is 19.5. The van der Waals surface area contributed by atoms with Crippen molar-refractivity contribution in [3.05, 3.63) is 17.7 Å². The van der Waals surface area contributed by atoms with Crippen LogP contribution in [0.5, 0.6) is 11.5 Å². The van der Waals surface area contributed by atoms with E-state index in [2.05, 4.69) is 4.99 Å². The molecule has 1 fully saturated rings. The second-order valence-corrected chi connectivity index (χ2v) is 7.69. The molecule has 1 aliphatic heterocycles. The van der Waals surface area contributed by atoms with Crippen molar-refractivity contribution in [2.75, 3.05) is 19.5 Å². The predicted molar refractivity (Wildman–Crippen MR) is 78.8 cm³/mol. The summed E-state index contributed by atoms with van der Waals surface area (Å²) in [4.78, 5) is 15.0. The van der Waals surface area contributed by atoms with E-state index >= 15 is 0 Å². The quantitative estimate of drug-likeness (QED) is 0.627. The summed E-state index contributed by atoms with van der Waals surface area (Å²) >= 11 is 0. The maximum absolute atomic E-state index is 12.2. The molecule has 1 saturated carbocycles. The lowest BCUT2D eigenvalue weighted by Crippen LogP contribution is -2.24. The minimum atomic E-state index is -3.49. The molecule has 3 rings (SSSR count). The zero-order valence-electron chi connectivity index (χ0n) is 12.3. The van der Waals surface area contributed by atoms with Crippen LogP contribution in [0.25, 0.3) is 0 Å². The summed E-state index contributed by atoms with van der Waals surface area (Å²) in [6, 6.07) is 3.15. The molecule has 0 saturated heterocycles. The van der Waals surface area contributed by atoms with Gasteiger partial charge in [-0.3, -0.25) is 0 Å². The number of sulfone groups is 1. The van der Waals surface area contributed by atoms with E-state index in [9.17, 15) is 13.2 Å². The van der Waals surface area contributed by atoms with Crippen LogP contribution in [0.15, 0.2) is 22.0 Å². The van der Waals surface area contributed by atoms with Crippen molar-refractivity contribution in [1.82, 2.24) is 0 Å². The largest absolute Gasteiger partial charge is 0.486 e. The lowest BCUT2D eigenvalue weighted by molar-refractivity contribution is 0.170. The fraction of sp³-hybridized carbons (Fsp3) is 0.533. The standard InChI is InChI=1S/C15H17NO5S/c1-22(18,19)14-9-13-12(20-6-7-21-13)8-11(14)15(16-10-17)4-2-3-5-15/h8-9H,2-7H2,1H3. The topological polar surface area (TPSA) is 82.0 Å². The summed E-state index contributed by atoms with van der Waals surface area (Å²) in [6.45, 7) is 0.793. The maximum Gasteiger partial charge on any atom is 0.235 e. The summed E-state index contributed by atoms with van der Waals surface area (Å²) in [5, 5.41) is 0. The van der Waals surface area contributed by atoms with Gasteiger partial charge in [0.1, 0.15) is 13.2 Å². The Balaban J connectivity index is 2.26. The van der Waals surface area contributed by atoms with Crippen molar-refractivity contribution < 1.29 is 22.7 Å². The van der Waals surface area contributed by atoms with Crippen LogP contribution >= 0.6 is 0 Å². The van der Waals surface area contributed by atoms with E-state index in [1.54, 1.807) is 12.1 Å². The van der Waals surface area contributed by atoms with Gasteiger partial charge < -0.3 is 9.47 Å². The number of carbonyl (C=O) groups excluding carboxylic acids is 1. The minimum absolute atomic E-state index is 0.151. The highest BCUT2D eigenvalue weighted by molar-refractivity contribution is 7.90. The molecule has 1 heterocycles. The third-order valence-electron chi connectivity index (χ3n) is 4.24. The van der Waals surface area contributed by atoms with E-state index in [4.69, 9.17) is 9.47 Å². The zero-order chi connectivity index (χ0) is 15.8. The summed E-state index contributed by atoms with van der Waals surface area (Å²) in [6.07, 6.45) is 5.81. The van der Waals surface area contributed by atoms with Gasteiger partial charge in [0.2, 0.25) is 6.08 Å². The zero-order valence-corrected chi connectivity index (χ0v) is 13.1. The Hall–Kier alpha value is -1.85. The average molecular weight is 323 g/mol. The van der Waals surface area contributed by atoms with Crippen LogP contribution in [-0.2, 0) is 20.2 Å². The van der Waals surface area contributed by atoms with Crippen LogP contribution in [0.4, 0.5) is 0 Å². The predicted octanol–water partition coefficient (Wildman–Crippen LogP) is 1.97. The van der Waals surface area contributed by atoms with Gasteiger partial charge in [0.05, 0.1) is 10.4 Å². The minimum Gasteiger partial charge on any atom is -0.486 e. The molecule has 0 amide bonds. The summed E-state index contributed by atoms with van der Waals surface area (Å²) < 4.78 is 35.4. The molecule has 7 heteroatoms. The van der Waals surface area contributed by atoms with Gasteiger partial charge in [0.25, 0.3) is 0 Å². The molecule has 22 heavy (non-hydrogen) atoms. The lowest BCUT2D eigenvalue weighted by atomic mass is 9.88. The first-order valence-electron chi connectivity index (χ1n) is 7.19. The molecular formula is C15H17NO5S. The highest BCUT2D eigenvalue weighted by Crippen LogP contribution is 2.47. The average Bonchev–Trinajstić information content (AvgIpc) is 2.95. The number of aliphatic imine (C=N–C) groups is 1. The smallest absolute Gasteiger partial charge is 0.235 e. The number of hydrogen-bond acceptors (Lipinski definition) is 6. The summed E-state index contributed by atoms with van der Waals surface area (Å²) in [5.74, 6) is 0.916. The van der Waals surface area contributed by atoms with Gasteiger partial charge in [-0.15, -0.1) is 0 Å². The Bertz CT molecular complexity index is 743. The second kappa shape index (κ2) is 5.41. The van der Waals surface area contributed by atoms with Crippen molar-refractivity contribution in [2.45, 2.75) is 36.1 Å². The molecule has 0 atom stereocenters. The number of fused-ring (bicyclic) bond motifs is 1. The highest BCUT2D eigenvalue weighted by Gasteiger charge is 2.40. The molecule has 0 aromatic heterocycles. The first-order valence-corrected chi connectivity index (χ1v) is 9.09. The van der Waals surface area contributed by atoms with Crippen LogP contribution in [0.1, 0.15) is 31.2 Å². The van der Waals surface area contributed by atoms with E-state index in [1.165, 1.54) is 6.07 Å². The van der Waals surface area contributed by atoms with Crippen molar-refractivity contribution in [3.8, 4) is 11.5 Å². The number of benzene rings is 1. The Morgan fingerprint density at radius 2 is 1.73 bits per heavy atom. The summed E-state index contributed by atoms with van der Waals surface area (Å²) in [5.41, 5.74) is -0.309. The van der Waals surface area contributed by atoms with Crippen molar-refractivity contribution >= 4 is 15.9 Å². The molecule has 0 N–H and O–H groups in total. The molecular weight excluding hydrogens is 306 g/mol. The molecule has 0 radical (unpaired) electrons. The maximum atomic E-state index is 12.2. The fourth-order valence-electron chi connectivity index (χ4n) is 3.23. The van der Waals surface area contributed by atoms with E-state index in [0.29, 0.717) is 43.1 Å². The Morgan fingerprint density at radius 1 is 1.14 bits per heavy atom. The van der Waals surface area contributed by atoms with Crippen LogP contribution in [0.3, 0.4) is 0 Å². The first kappa shape index (κ1) is 15.1. The van der Waals surface area contributed by atoms with Gasteiger partial charge in [-0.1, -0.05) is 12.8 Å². The monoisotopic (exact) mass is 323 g/mol. The second-order valence-electron chi connectivity index (χ2n) is 5.71. The number of ether oxygens (including phenoxy) is 2. The number of nitrogens with zero attached hydrogens (tertiary/aromatic N) is 1. The van der Waals surface area contributed by atoms with Gasteiger partial charge >= 0.3 is 0 Å². The Labute approximate surface area is 129 Å². The van der Waals surface area contributed by atoms with E-state index in [0.717, 1.165) is 19.1 Å². The number of rotatable bonds is 3. The molecule has 0 unspecified atom stereocenters. The molecule has 1 aromatic rings. The van der Waals surface area contributed by atoms with Gasteiger partial charge in [0, 0.05) is 17.9 Å². The molecule has 2 aliphatic rings. The summed E-state index contributed by atoms with van der Waals surface area (Å²) in [7, 11) is -3.49. The van der Waals surface area contributed by atoms with Crippen LogP contribution < -0.4 is 9.47 Å². The van der Waals surface area contributed by atoms with E-state index in [-0.39, 0.29) is 4.90 Å². The fourth-order valence-corrected chi connectivity index (χ4v) is 4.20. The third-order valence-corrected chi connectivity index (χ3v) is 5.37. The van der Waals surface area contributed by atoms with Crippen molar-refractivity contribution in [1.29, 1.82) is 0 Å². The lowest BCUT2D eigenvalue weighted by Gasteiger charge is -2.28. The van der Waals surface area contributed by atoms with Crippen molar-refractivity contribution in [2.24, 2.45) is 4.99 Å². The van der Waals surface area contributed by atoms with Crippen molar-refractivity contribution in [3.63, 3.8) is 0 Å². The SMILES string of the molecule is CS(=O)(=O)c1cc2c(cc1C1(N=C=O)CCCC1)OCCO2. The molecule has 0 spiro atoms. The van der Waals surface area contributed by atoms with Gasteiger partial charge in [-0.05, 0) is 18.9 Å². The highest BCUT2D eigenvalue weighted by atomic mass is 32.2. The van der Waals surface area contributed by atoms with E-state index in [1.807, 2.05) is 0 Å². The van der Waals surface area contributed by atoms with Crippen LogP contribution in [-0.4, -0.2) is 34.0 Å². The van der Waals surface area contributed by atoms with Gasteiger partial charge in [-0.25, -0.2) is 13.2 Å². The Morgan fingerprint density at radius 3 is 2.27 bits per heavy atom. The number of isocyanates is 1. The van der Waals surface area contributed by atoms with Crippen LogP contribution in [0.2, 0.25) is 0 Å². The molecule has 6 nitrogen and oxygen atoms in total. The van der Waals surface area contributed by atoms with Gasteiger partial charge in [0.15, 0.2) is 21.3 Å². The van der Waals surface area contributed by atoms with E-state index < -0.39 is 15.4 Å². The number of hydrogen-bond donors (Lipinski definition) is 0. The van der Waals surface area contributed by atoms with Gasteiger partial charge in [-0.2, -0.15) is 4.99 Å². The molecule has 0 bridgehead atoms. The van der Waals surface area contributed by atoms with Crippen LogP contribution in [0, 0.1) is 0 Å². The third kappa shape index (κ3) is 2.51.